The first-order valence-corrected chi connectivity index (χ1v) is 9.76. The predicted molar refractivity (Wildman–Crippen MR) is 95.4 cm³/mol. The average Bonchev–Trinajstić information content (AvgIpc) is 3.30. The van der Waals surface area contributed by atoms with Gasteiger partial charge in [0.2, 0.25) is 0 Å². The summed E-state index contributed by atoms with van der Waals surface area (Å²) < 4.78 is 2.17. The van der Waals surface area contributed by atoms with E-state index in [2.05, 4.69) is 19.4 Å². The zero-order chi connectivity index (χ0) is 17.4. The highest BCUT2D eigenvalue weighted by Crippen LogP contribution is 2.45. The van der Waals surface area contributed by atoms with Crippen LogP contribution in [-0.2, 0) is 11.3 Å². The van der Waals surface area contributed by atoms with Gasteiger partial charge in [0.25, 0.3) is 0 Å². The molecule has 3 heterocycles. The number of aryl methyl sites for hydroxylation is 2. The number of carboxylic acids is 1. The third-order valence-corrected chi connectivity index (χ3v) is 6.77. The molecule has 138 valence electrons. The summed E-state index contributed by atoms with van der Waals surface area (Å²) in [5, 5.41) is 10.00. The topological polar surface area (TPSA) is 61.6 Å². The van der Waals surface area contributed by atoms with Gasteiger partial charge in [-0.1, -0.05) is 12.8 Å². The summed E-state index contributed by atoms with van der Waals surface area (Å²) in [7, 11) is 0. The van der Waals surface area contributed by atoms with Crippen LogP contribution in [0.5, 0.6) is 0 Å². The molecule has 3 aliphatic rings. The van der Waals surface area contributed by atoms with Crippen molar-refractivity contribution in [3.05, 3.63) is 18.2 Å². The number of aliphatic carboxylic acids is 1. The van der Waals surface area contributed by atoms with Gasteiger partial charge in [0.15, 0.2) is 0 Å². The minimum Gasteiger partial charge on any atom is -0.481 e. The first kappa shape index (κ1) is 17.0. The van der Waals surface area contributed by atoms with Gasteiger partial charge in [0, 0.05) is 57.1 Å². The summed E-state index contributed by atoms with van der Waals surface area (Å²) in [6.45, 7) is 7.37. The number of carboxylic acid groups (broad SMARTS) is 1. The van der Waals surface area contributed by atoms with Crippen molar-refractivity contribution in [3.8, 4) is 0 Å². The Morgan fingerprint density at radius 2 is 2.08 bits per heavy atom. The largest absolute Gasteiger partial charge is 0.481 e. The lowest BCUT2D eigenvalue weighted by Gasteiger charge is -2.28. The van der Waals surface area contributed by atoms with Crippen LogP contribution in [0, 0.1) is 18.3 Å². The van der Waals surface area contributed by atoms with Crippen LogP contribution >= 0.6 is 0 Å². The lowest BCUT2D eigenvalue weighted by Crippen LogP contribution is -2.42. The lowest BCUT2D eigenvalue weighted by atomic mass is 9.81. The summed E-state index contributed by atoms with van der Waals surface area (Å²) in [6, 6.07) is 0.638. The van der Waals surface area contributed by atoms with Crippen LogP contribution in [0.25, 0.3) is 0 Å². The van der Waals surface area contributed by atoms with E-state index in [1.807, 2.05) is 19.3 Å². The first-order valence-electron chi connectivity index (χ1n) is 9.76. The third-order valence-electron chi connectivity index (χ3n) is 6.77. The number of likely N-dealkylation sites (tertiary alicyclic amines) is 2. The van der Waals surface area contributed by atoms with Crippen LogP contribution in [0.4, 0.5) is 0 Å². The highest BCUT2D eigenvalue weighted by Gasteiger charge is 2.58. The maximum absolute atomic E-state index is 12.2. The van der Waals surface area contributed by atoms with E-state index in [1.54, 1.807) is 0 Å². The molecule has 1 N–H and O–H groups in total. The average molecular weight is 346 g/mol. The van der Waals surface area contributed by atoms with Crippen molar-refractivity contribution in [2.45, 2.75) is 51.6 Å². The highest BCUT2D eigenvalue weighted by molar-refractivity contribution is 5.77. The summed E-state index contributed by atoms with van der Waals surface area (Å²) in [4.78, 5) is 21.3. The Hall–Kier alpha value is -1.40. The number of nitrogens with zero attached hydrogens (tertiary/aromatic N) is 4. The Labute approximate surface area is 149 Å². The first-order chi connectivity index (χ1) is 12.1. The third kappa shape index (κ3) is 3.10. The molecular weight excluding hydrogens is 316 g/mol. The Morgan fingerprint density at radius 3 is 2.72 bits per heavy atom. The molecule has 2 atom stereocenters. The Kier molecular flexibility index (Phi) is 4.58. The van der Waals surface area contributed by atoms with Crippen molar-refractivity contribution in [1.82, 2.24) is 19.4 Å². The molecule has 0 aromatic carbocycles. The van der Waals surface area contributed by atoms with Crippen molar-refractivity contribution < 1.29 is 9.90 Å². The minimum absolute atomic E-state index is 0.292. The molecule has 0 unspecified atom stereocenters. The van der Waals surface area contributed by atoms with Crippen molar-refractivity contribution in [2.24, 2.45) is 11.3 Å². The fourth-order valence-corrected chi connectivity index (χ4v) is 5.33. The second-order valence-corrected chi connectivity index (χ2v) is 8.28. The molecule has 1 aromatic heterocycles. The molecule has 1 aliphatic carbocycles. The number of hydrogen-bond acceptors (Lipinski definition) is 4. The van der Waals surface area contributed by atoms with Gasteiger partial charge in [0.05, 0.1) is 5.41 Å². The van der Waals surface area contributed by atoms with Crippen molar-refractivity contribution in [1.29, 1.82) is 0 Å². The number of rotatable bonds is 6. The lowest BCUT2D eigenvalue weighted by molar-refractivity contribution is -0.149. The van der Waals surface area contributed by atoms with Gasteiger partial charge in [-0.2, -0.15) is 0 Å². The molecular formula is C19H30N4O2. The van der Waals surface area contributed by atoms with Crippen molar-refractivity contribution >= 4 is 5.97 Å². The van der Waals surface area contributed by atoms with E-state index in [9.17, 15) is 9.90 Å². The molecule has 0 amide bonds. The summed E-state index contributed by atoms with van der Waals surface area (Å²) in [6.07, 6.45) is 10.1. The van der Waals surface area contributed by atoms with E-state index < -0.39 is 11.4 Å². The van der Waals surface area contributed by atoms with Gasteiger partial charge in [-0.05, 0) is 32.7 Å². The standard InChI is InChI=1S/C19H30N4O2/c1-15-20-7-10-22(15)9-4-8-21-11-16-12-23(17-5-2-3-6-17)14-19(16,13-21)18(24)25/h7,10,16-17H,2-6,8-9,11-14H2,1H3,(H,24,25)/t16-,19-/m1/s1. The number of imidazole rings is 1. The summed E-state index contributed by atoms with van der Waals surface area (Å²) in [5.41, 5.74) is -0.534. The van der Waals surface area contributed by atoms with Crippen LogP contribution in [0.1, 0.15) is 37.9 Å². The normalized spacial score (nSPS) is 31.0. The number of hydrogen-bond donors (Lipinski definition) is 1. The maximum Gasteiger partial charge on any atom is 0.312 e. The van der Waals surface area contributed by atoms with Crippen LogP contribution in [0.15, 0.2) is 12.4 Å². The van der Waals surface area contributed by atoms with E-state index >= 15 is 0 Å². The monoisotopic (exact) mass is 346 g/mol. The quantitative estimate of drug-likeness (QED) is 0.852. The molecule has 2 saturated heterocycles. The number of aromatic nitrogens is 2. The van der Waals surface area contributed by atoms with Crippen LogP contribution in [-0.4, -0.2) is 69.2 Å². The van der Waals surface area contributed by atoms with Gasteiger partial charge >= 0.3 is 5.97 Å². The van der Waals surface area contributed by atoms with Crippen LogP contribution in [0.3, 0.4) is 0 Å². The van der Waals surface area contributed by atoms with E-state index in [4.69, 9.17) is 0 Å². The van der Waals surface area contributed by atoms with Gasteiger partial charge in [-0.25, -0.2) is 4.98 Å². The molecule has 6 heteroatoms. The fourth-order valence-electron chi connectivity index (χ4n) is 5.33. The molecule has 0 radical (unpaired) electrons. The smallest absolute Gasteiger partial charge is 0.312 e. The van der Waals surface area contributed by atoms with Gasteiger partial charge in [0.1, 0.15) is 5.82 Å². The number of carbonyl (C=O) groups is 1. The van der Waals surface area contributed by atoms with Gasteiger partial charge < -0.3 is 14.6 Å². The molecule has 4 rings (SSSR count). The SMILES string of the molecule is Cc1nccn1CCCN1C[C@@H]2CN(C3CCCC3)C[C@]2(C(=O)O)C1. The maximum atomic E-state index is 12.2. The van der Waals surface area contributed by atoms with E-state index in [0.717, 1.165) is 51.5 Å². The molecule has 6 nitrogen and oxygen atoms in total. The van der Waals surface area contributed by atoms with Gasteiger partial charge in [-0.3, -0.25) is 9.69 Å². The van der Waals surface area contributed by atoms with E-state index in [0.29, 0.717) is 12.0 Å². The summed E-state index contributed by atoms with van der Waals surface area (Å²) >= 11 is 0. The molecule has 1 saturated carbocycles. The minimum atomic E-state index is -0.578. The zero-order valence-corrected chi connectivity index (χ0v) is 15.2. The number of fused-ring (bicyclic) bond motifs is 1. The molecule has 0 bridgehead atoms. The second kappa shape index (κ2) is 6.72. The van der Waals surface area contributed by atoms with Crippen molar-refractivity contribution in [2.75, 3.05) is 32.7 Å². The Bertz CT molecular complexity index is 625. The van der Waals surface area contributed by atoms with E-state index in [1.165, 1.54) is 25.7 Å². The second-order valence-electron chi connectivity index (χ2n) is 8.28. The molecule has 1 aromatic rings. The molecule has 2 aliphatic heterocycles. The van der Waals surface area contributed by atoms with Crippen LogP contribution < -0.4 is 0 Å². The predicted octanol–water partition coefficient (Wildman–Crippen LogP) is 1.84. The highest BCUT2D eigenvalue weighted by atomic mass is 16.4. The molecule has 0 spiro atoms. The Balaban J connectivity index is 1.34. The fraction of sp³-hybridized carbons (Fsp3) is 0.789. The zero-order valence-electron chi connectivity index (χ0n) is 15.2. The van der Waals surface area contributed by atoms with Crippen molar-refractivity contribution in [3.63, 3.8) is 0 Å². The van der Waals surface area contributed by atoms with E-state index in [-0.39, 0.29) is 0 Å². The van der Waals surface area contributed by atoms with Gasteiger partial charge in [-0.15, -0.1) is 0 Å². The van der Waals surface area contributed by atoms with Crippen LogP contribution in [0.2, 0.25) is 0 Å². The molecule has 3 fully saturated rings. The Morgan fingerprint density at radius 1 is 1.28 bits per heavy atom. The summed E-state index contributed by atoms with van der Waals surface area (Å²) in [5.74, 6) is 0.763. The molecule has 25 heavy (non-hydrogen) atoms.